The largest absolute Gasteiger partial charge is 0.466 e. The fraction of sp³-hybridized carbons (Fsp3) is 0.500. The van der Waals surface area contributed by atoms with E-state index in [0.29, 0.717) is 0 Å². The summed E-state index contributed by atoms with van der Waals surface area (Å²) in [6.07, 6.45) is 2.06. The van der Waals surface area contributed by atoms with Gasteiger partial charge in [0.1, 0.15) is 11.5 Å². The Kier molecular flexibility index (Phi) is 3.57. The van der Waals surface area contributed by atoms with E-state index >= 15 is 0 Å². The van der Waals surface area contributed by atoms with Gasteiger partial charge in [-0.05, 0) is 33.8 Å². The van der Waals surface area contributed by atoms with Crippen molar-refractivity contribution in [1.82, 2.24) is 15.1 Å². The molecule has 0 radical (unpaired) electrons. The first kappa shape index (κ1) is 12.9. The van der Waals surface area contributed by atoms with E-state index in [1.165, 1.54) is 11.1 Å². The molecule has 0 aliphatic rings. The van der Waals surface area contributed by atoms with Crippen molar-refractivity contribution in [3.63, 3.8) is 0 Å². The zero-order valence-corrected chi connectivity index (χ0v) is 11.7. The van der Waals surface area contributed by atoms with E-state index in [-0.39, 0.29) is 6.04 Å². The average Bonchev–Trinajstić information content (AvgIpc) is 2.78. The SMILES string of the molecule is Cc1cc(C(C)NCc2cn(C)nc2C)c(C)o1. The summed E-state index contributed by atoms with van der Waals surface area (Å²) in [5.41, 5.74) is 3.55. The van der Waals surface area contributed by atoms with Crippen LogP contribution in [-0.2, 0) is 13.6 Å². The van der Waals surface area contributed by atoms with Crippen molar-refractivity contribution in [3.05, 3.63) is 40.6 Å². The molecule has 0 fully saturated rings. The van der Waals surface area contributed by atoms with Crippen LogP contribution in [0.25, 0.3) is 0 Å². The van der Waals surface area contributed by atoms with E-state index in [2.05, 4.69) is 29.6 Å². The highest BCUT2D eigenvalue weighted by atomic mass is 16.3. The highest BCUT2D eigenvalue weighted by Crippen LogP contribution is 2.21. The van der Waals surface area contributed by atoms with Crippen molar-refractivity contribution >= 4 is 0 Å². The second-order valence-electron chi connectivity index (χ2n) is 4.88. The van der Waals surface area contributed by atoms with Crippen molar-refractivity contribution in [2.24, 2.45) is 7.05 Å². The summed E-state index contributed by atoms with van der Waals surface area (Å²) in [5.74, 6) is 1.96. The van der Waals surface area contributed by atoms with E-state index < -0.39 is 0 Å². The Morgan fingerprint density at radius 2 is 2.11 bits per heavy atom. The number of aryl methyl sites for hydroxylation is 4. The van der Waals surface area contributed by atoms with Crippen LogP contribution in [0.4, 0.5) is 0 Å². The predicted molar refractivity (Wildman–Crippen MR) is 71.4 cm³/mol. The Morgan fingerprint density at radius 1 is 1.39 bits per heavy atom. The minimum absolute atomic E-state index is 0.280. The Hall–Kier alpha value is -1.55. The van der Waals surface area contributed by atoms with Gasteiger partial charge in [0, 0.05) is 37.0 Å². The topological polar surface area (TPSA) is 43.0 Å². The van der Waals surface area contributed by atoms with E-state index in [4.69, 9.17) is 4.42 Å². The highest BCUT2D eigenvalue weighted by Gasteiger charge is 2.13. The van der Waals surface area contributed by atoms with Crippen molar-refractivity contribution in [3.8, 4) is 0 Å². The molecular weight excluding hydrogens is 226 g/mol. The van der Waals surface area contributed by atoms with Gasteiger partial charge < -0.3 is 9.73 Å². The summed E-state index contributed by atoms with van der Waals surface area (Å²) in [6, 6.07) is 2.38. The molecule has 0 saturated heterocycles. The van der Waals surface area contributed by atoms with E-state index in [0.717, 1.165) is 23.8 Å². The Bertz CT molecular complexity index is 539. The molecule has 0 aliphatic carbocycles. The second-order valence-corrected chi connectivity index (χ2v) is 4.88. The van der Waals surface area contributed by atoms with Gasteiger partial charge in [-0.25, -0.2) is 0 Å². The van der Waals surface area contributed by atoms with E-state index in [9.17, 15) is 0 Å². The third kappa shape index (κ3) is 2.64. The molecule has 2 aromatic rings. The smallest absolute Gasteiger partial charge is 0.105 e. The lowest BCUT2D eigenvalue weighted by molar-refractivity contribution is 0.489. The van der Waals surface area contributed by atoms with Gasteiger partial charge in [0.25, 0.3) is 0 Å². The van der Waals surface area contributed by atoms with Crippen LogP contribution in [0.3, 0.4) is 0 Å². The molecule has 1 unspecified atom stereocenters. The molecular formula is C14H21N3O. The van der Waals surface area contributed by atoms with Crippen LogP contribution in [0, 0.1) is 20.8 Å². The molecule has 4 nitrogen and oxygen atoms in total. The van der Waals surface area contributed by atoms with Crippen LogP contribution in [0.1, 0.15) is 41.3 Å². The molecule has 0 bridgehead atoms. The maximum Gasteiger partial charge on any atom is 0.105 e. The fourth-order valence-corrected chi connectivity index (χ4v) is 2.28. The van der Waals surface area contributed by atoms with Crippen molar-refractivity contribution < 1.29 is 4.42 Å². The number of nitrogens with one attached hydrogen (secondary N) is 1. The molecule has 0 aromatic carbocycles. The predicted octanol–water partition coefficient (Wildman–Crippen LogP) is 2.79. The normalized spacial score (nSPS) is 12.9. The third-order valence-electron chi connectivity index (χ3n) is 3.26. The number of nitrogens with zero attached hydrogens (tertiary/aromatic N) is 2. The van der Waals surface area contributed by atoms with Crippen LogP contribution in [0.15, 0.2) is 16.7 Å². The van der Waals surface area contributed by atoms with Crippen LogP contribution in [0.2, 0.25) is 0 Å². The monoisotopic (exact) mass is 247 g/mol. The summed E-state index contributed by atoms with van der Waals surface area (Å²) >= 11 is 0. The molecule has 1 N–H and O–H groups in total. The molecule has 0 saturated carbocycles. The molecule has 1 atom stereocenters. The van der Waals surface area contributed by atoms with E-state index in [1.54, 1.807) is 0 Å². The molecule has 0 aliphatic heterocycles. The standard InChI is InChI=1S/C14H21N3O/c1-9-6-14(12(4)18-9)11(3)15-7-13-8-17(5)16-10(13)2/h6,8,11,15H,7H2,1-5H3. The Balaban J connectivity index is 2.02. The third-order valence-corrected chi connectivity index (χ3v) is 3.26. The summed E-state index contributed by atoms with van der Waals surface area (Å²) in [7, 11) is 1.95. The zero-order chi connectivity index (χ0) is 13.3. The first-order chi connectivity index (χ1) is 8.47. The minimum Gasteiger partial charge on any atom is -0.466 e. The van der Waals surface area contributed by atoms with E-state index in [1.807, 2.05) is 32.5 Å². The lowest BCUT2D eigenvalue weighted by Gasteiger charge is -2.12. The van der Waals surface area contributed by atoms with Gasteiger partial charge in [0.05, 0.1) is 5.69 Å². The first-order valence-corrected chi connectivity index (χ1v) is 6.27. The Morgan fingerprint density at radius 3 is 2.61 bits per heavy atom. The van der Waals surface area contributed by atoms with Crippen molar-refractivity contribution in [2.45, 2.75) is 40.3 Å². The number of hydrogen-bond acceptors (Lipinski definition) is 3. The quantitative estimate of drug-likeness (QED) is 0.903. The molecule has 2 heterocycles. The zero-order valence-electron chi connectivity index (χ0n) is 11.7. The van der Waals surface area contributed by atoms with Gasteiger partial charge in [0.2, 0.25) is 0 Å². The summed E-state index contributed by atoms with van der Waals surface area (Å²) < 4.78 is 7.41. The fourth-order valence-electron chi connectivity index (χ4n) is 2.28. The molecule has 18 heavy (non-hydrogen) atoms. The van der Waals surface area contributed by atoms with Gasteiger partial charge in [-0.3, -0.25) is 4.68 Å². The number of rotatable bonds is 4. The maximum atomic E-state index is 5.56. The number of aromatic nitrogens is 2. The second kappa shape index (κ2) is 4.98. The molecule has 98 valence electrons. The van der Waals surface area contributed by atoms with Gasteiger partial charge in [-0.2, -0.15) is 5.10 Å². The first-order valence-electron chi connectivity index (χ1n) is 6.27. The molecule has 2 aromatic heterocycles. The lowest BCUT2D eigenvalue weighted by atomic mass is 10.1. The van der Waals surface area contributed by atoms with Gasteiger partial charge in [-0.1, -0.05) is 0 Å². The molecule has 0 amide bonds. The highest BCUT2D eigenvalue weighted by molar-refractivity contribution is 5.24. The van der Waals surface area contributed by atoms with Crippen molar-refractivity contribution in [1.29, 1.82) is 0 Å². The maximum absolute atomic E-state index is 5.56. The summed E-state index contributed by atoms with van der Waals surface area (Å²) in [5, 5.41) is 7.85. The van der Waals surface area contributed by atoms with Gasteiger partial charge in [-0.15, -0.1) is 0 Å². The van der Waals surface area contributed by atoms with Crippen molar-refractivity contribution in [2.75, 3.05) is 0 Å². The average molecular weight is 247 g/mol. The van der Waals surface area contributed by atoms with Crippen LogP contribution in [0.5, 0.6) is 0 Å². The lowest BCUT2D eigenvalue weighted by Crippen LogP contribution is -2.18. The van der Waals surface area contributed by atoms with Crippen LogP contribution < -0.4 is 5.32 Å². The molecule has 2 rings (SSSR count). The Labute approximate surface area is 108 Å². The van der Waals surface area contributed by atoms with Crippen LogP contribution >= 0.6 is 0 Å². The minimum atomic E-state index is 0.280. The molecule has 0 spiro atoms. The molecule has 4 heteroatoms. The van der Waals surface area contributed by atoms with Gasteiger partial charge in [0.15, 0.2) is 0 Å². The summed E-state index contributed by atoms with van der Waals surface area (Å²) in [4.78, 5) is 0. The van der Waals surface area contributed by atoms with Crippen LogP contribution in [-0.4, -0.2) is 9.78 Å². The van der Waals surface area contributed by atoms with Gasteiger partial charge >= 0.3 is 0 Å². The number of hydrogen-bond donors (Lipinski definition) is 1. The summed E-state index contributed by atoms with van der Waals surface area (Å²) in [6.45, 7) is 9.01. The number of furan rings is 1.